The largest absolute Gasteiger partial charge is 0.453 e. The second-order valence-electron chi connectivity index (χ2n) is 4.63. The molecule has 1 unspecified atom stereocenters. The van der Waals surface area contributed by atoms with E-state index in [9.17, 15) is 13.2 Å². The zero-order valence-electron chi connectivity index (χ0n) is 10.7. The molecule has 21 heavy (non-hydrogen) atoms. The number of ether oxygens (including phenoxy) is 1. The first-order valence-electron chi connectivity index (χ1n) is 6.35. The Hall–Kier alpha value is -1.54. The first-order valence-corrected chi connectivity index (χ1v) is 6.73. The van der Waals surface area contributed by atoms with Crippen molar-refractivity contribution < 1.29 is 22.7 Å². The molecule has 5 nitrogen and oxygen atoms in total. The van der Waals surface area contributed by atoms with E-state index in [1.54, 1.807) is 0 Å². The molecular formula is C12H11ClF3N3O2. The van der Waals surface area contributed by atoms with E-state index in [4.69, 9.17) is 21.2 Å². The van der Waals surface area contributed by atoms with Crippen LogP contribution in [0.2, 0.25) is 5.02 Å². The van der Waals surface area contributed by atoms with Crippen molar-refractivity contribution in [2.75, 3.05) is 6.61 Å². The Morgan fingerprint density at radius 1 is 1.38 bits per heavy atom. The molecule has 0 radical (unpaired) electrons. The van der Waals surface area contributed by atoms with Crippen molar-refractivity contribution in [1.29, 1.82) is 0 Å². The highest BCUT2D eigenvalue weighted by Crippen LogP contribution is 2.31. The summed E-state index contributed by atoms with van der Waals surface area (Å²) in [6.07, 6.45) is -1.95. The number of rotatable bonds is 2. The lowest BCUT2D eigenvalue weighted by atomic mass is 10.2. The van der Waals surface area contributed by atoms with Crippen molar-refractivity contribution in [3.8, 4) is 0 Å². The zero-order valence-corrected chi connectivity index (χ0v) is 11.5. The summed E-state index contributed by atoms with van der Waals surface area (Å²) in [6, 6.07) is 1.33. The van der Waals surface area contributed by atoms with Crippen LogP contribution in [0.25, 0.3) is 11.2 Å². The molecular weight excluding hydrogens is 311 g/mol. The van der Waals surface area contributed by atoms with E-state index in [0.717, 1.165) is 12.8 Å². The number of nitrogens with zero attached hydrogens (tertiary/aromatic N) is 3. The summed E-state index contributed by atoms with van der Waals surface area (Å²) in [7, 11) is 0. The van der Waals surface area contributed by atoms with Crippen LogP contribution in [-0.4, -0.2) is 27.6 Å². The van der Waals surface area contributed by atoms with Crippen LogP contribution in [0, 0.1) is 0 Å². The molecule has 1 fully saturated rings. The van der Waals surface area contributed by atoms with Gasteiger partial charge in [0.2, 0.25) is 6.29 Å². The normalized spacial score (nSPS) is 19.9. The molecule has 1 saturated heterocycles. The van der Waals surface area contributed by atoms with Crippen molar-refractivity contribution in [3.05, 3.63) is 23.1 Å². The SMILES string of the molecule is FC(F)(F)c1nc2ncc(Cl)cc2n1OC1CCCCO1. The van der Waals surface area contributed by atoms with Gasteiger partial charge in [-0.3, -0.25) is 0 Å². The van der Waals surface area contributed by atoms with E-state index in [0.29, 0.717) is 17.8 Å². The smallest absolute Gasteiger partial charge is 0.380 e. The summed E-state index contributed by atoms with van der Waals surface area (Å²) in [5.41, 5.74) is -0.0217. The van der Waals surface area contributed by atoms with Gasteiger partial charge in [0.15, 0.2) is 5.65 Å². The van der Waals surface area contributed by atoms with Gasteiger partial charge in [0.1, 0.15) is 5.52 Å². The lowest BCUT2D eigenvalue weighted by molar-refractivity contribution is -0.190. The number of alkyl halides is 3. The van der Waals surface area contributed by atoms with E-state index in [2.05, 4.69) is 9.97 Å². The van der Waals surface area contributed by atoms with Crippen molar-refractivity contribution in [2.24, 2.45) is 0 Å². The lowest BCUT2D eigenvalue weighted by Crippen LogP contribution is -2.33. The van der Waals surface area contributed by atoms with Gasteiger partial charge in [0, 0.05) is 12.6 Å². The first-order chi connectivity index (χ1) is 9.95. The molecule has 0 N–H and O–H groups in total. The number of aromatic nitrogens is 3. The molecule has 0 saturated carbocycles. The molecule has 0 amide bonds. The molecule has 0 aliphatic carbocycles. The maximum atomic E-state index is 13.1. The predicted molar refractivity (Wildman–Crippen MR) is 67.7 cm³/mol. The van der Waals surface area contributed by atoms with Gasteiger partial charge in [0.05, 0.1) is 11.6 Å². The molecule has 9 heteroatoms. The highest BCUT2D eigenvalue weighted by Gasteiger charge is 2.40. The highest BCUT2D eigenvalue weighted by molar-refractivity contribution is 6.31. The number of pyridine rings is 1. The Labute approximate surface area is 122 Å². The fourth-order valence-corrected chi connectivity index (χ4v) is 2.27. The third kappa shape index (κ3) is 2.91. The first kappa shape index (κ1) is 14.4. The molecule has 2 aromatic heterocycles. The maximum Gasteiger partial charge on any atom is 0.453 e. The van der Waals surface area contributed by atoms with Crippen LogP contribution in [0.1, 0.15) is 25.1 Å². The average molecular weight is 322 g/mol. The molecule has 0 bridgehead atoms. The molecule has 0 aromatic carbocycles. The van der Waals surface area contributed by atoms with E-state index < -0.39 is 18.3 Å². The van der Waals surface area contributed by atoms with Gasteiger partial charge in [-0.05, 0) is 18.9 Å². The lowest BCUT2D eigenvalue weighted by Gasteiger charge is -2.24. The third-order valence-corrected chi connectivity index (χ3v) is 3.26. The Kier molecular flexibility index (Phi) is 3.66. The molecule has 0 spiro atoms. The number of hydrogen-bond acceptors (Lipinski definition) is 4. The standard InChI is InChI=1S/C12H11ClF3N3O2/c13-7-5-8-10(17-6-7)18-11(12(14,15)16)19(8)21-9-3-1-2-4-20-9/h5-6,9H,1-4H2. The van der Waals surface area contributed by atoms with Gasteiger partial charge in [-0.15, -0.1) is 0 Å². The summed E-state index contributed by atoms with van der Waals surface area (Å²) < 4.78 is 45.2. The molecule has 1 aliphatic heterocycles. The highest BCUT2D eigenvalue weighted by atomic mass is 35.5. The fourth-order valence-electron chi connectivity index (χ4n) is 2.11. The van der Waals surface area contributed by atoms with Crippen molar-refractivity contribution in [3.63, 3.8) is 0 Å². The zero-order chi connectivity index (χ0) is 15.0. The van der Waals surface area contributed by atoms with Crippen LogP contribution in [-0.2, 0) is 10.9 Å². The molecule has 114 valence electrons. The van der Waals surface area contributed by atoms with Crippen LogP contribution in [0.4, 0.5) is 13.2 Å². The van der Waals surface area contributed by atoms with E-state index in [1.807, 2.05) is 0 Å². The number of fused-ring (bicyclic) bond motifs is 1. The molecule has 1 aliphatic rings. The van der Waals surface area contributed by atoms with Crippen molar-refractivity contribution in [1.82, 2.24) is 14.7 Å². The van der Waals surface area contributed by atoms with Gasteiger partial charge < -0.3 is 9.57 Å². The van der Waals surface area contributed by atoms with Gasteiger partial charge in [0.25, 0.3) is 5.82 Å². The summed E-state index contributed by atoms with van der Waals surface area (Å²) in [5, 5.41) is 0.200. The average Bonchev–Trinajstić information content (AvgIpc) is 2.78. The molecule has 3 heterocycles. The number of imidazole rings is 1. The summed E-state index contributed by atoms with van der Waals surface area (Å²) in [4.78, 5) is 12.6. The topological polar surface area (TPSA) is 49.2 Å². The van der Waals surface area contributed by atoms with Gasteiger partial charge >= 0.3 is 6.18 Å². The quantitative estimate of drug-likeness (QED) is 0.853. The van der Waals surface area contributed by atoms with E-state index in [-0.39, 0.29) is 16.2 Å². The third-order valence-electron chi connectivity index (χ3n) is 3.05. The van der Waals surface area contributed by atoms with Gasteiger partial charge in [-0.2, -0.15) is 17.9 Å². The van der Waals surface area contributed by atoms with Gasteiger partial charge in [-0.25, -0.2) is 9.97 Å². The Morgan fingerprint density at radius 2 is 2.19 bits per heavy atom. The minimum absolute atomic E-state index is 0.0593. The number of hydrogen-bond donors (Lipinski definition) is 0. The van der Waals surface area contributed by atoms with Crippen molar-refractivity contribution in [2.45, 2.75) is 31.7 Å². The Morgan fingerprint density at radius 3 is 2.86 bits per heavy atom. The summed E-state index contributed by atoms with van der Waals surface area (Å²) in [6.45, 7) is 0.456. The molecule has 2 aromatic rings. The van der Waals surface area contributed by atoms with Crippen LogP contribution in [0.15, 0.2) is 12.3 Å². The van der Waals surface area contributed by atoms with Crippen molar-refractivity contribution >= 4 is 22.8 Å². The molecule has 3 rings (SSSR count). The maximum absolute atomic E-state index is 13.1. The van der Waals surface area contributed by atoms with Crippen LogP contribution in [0.3, 0.4) is 0 Å². The Balaban J connectivity index is 2.05. The Bertz CT molecular complexity index is 653. The summed E-state index contributed by atoms with van der Waals surface area (Å²) >= 11 is 5.79. The minimum Gasteiger partial charge on any atom is -0.380 e. The monoisotopic (exact) mass is 321 g/mol. The predicted octanol–water partition coefficient (Wildman–Crippen LogP) is 3.06. The summed E-state index contributed by atoms with van der Waals surface area (Å²) in [5.74, 6) is -1.18. The second kappa shape index (κ2) is 5.34. The van der Waals surface area contributed by atoms with Crippen LogP contribution < -0.4 is 4.84 Å². The second-order valence-corrected chi connectivity index (χ2v) is 5.06. The van der Waals surface area contributed by atoms with Crippen LogP contribution >= 0.6 is 11.6 Å². The molecule has 1 atom stereocenters. The number of halogens is 4. The van der Waals surface area contributed by atoms with E-state index >= 15 is 0 Å². The fraction of sp³-hybridized carbons (Fsp3) is 0.500. The van der Waals surface area contributed by atoms with E-state index in [1.165, 1.54) is 12.3 Å². The van der Waals surface area contributed by atoms with Crippen LogP contribution in [0.5, 0.6) is 0 Å². The van der Waals surface area contributed by atoms with Gasteiger partial charge in [-0.1, -0.05) is 11.6 Å². The minimum atomic E-state index is -4.66.